The molecule has 1 aliphatic carbocycles. The minimum atomic E-state index is 0.0350. The molecule has 2 unspecified atom stereocenters. The lowest BCUT2D eigenvalue weighted by atomic mass is 9.77. The molecule has 0 bridgehead atoms. The summed E-state index contributed by atoms with van der Waals surface area (Å²) in [5, 5.41) is 2.61. The minimum absolute atomic E-state index is 0.0350. The summed E-state index contributed by atoms with van der Waals surface area (Å²) in [5.41, 5.74) is 6.98. The molecular weight excluding hydrogens is 280 g/mol. The van der Waals surface area contributed by atoms with Crippen LogP contribution in [0.5, 0.6) is 0 Å². The van der Waals surface area contributed by atoms with Crippen LogP contribution in [0.25, 0.3) is 10.8 Å². The van der Waals surface area contributed by atoms with Gasteiger partial charge < -0.3 is 4.74 Å². The van der Waals surface area contributed by atoms with Crippen molar-refractivity contribution in [3.05, 3.63) is 95.1 Å². The van der Waals surface area contributed by atoms with Gasteiger partial charge in [-0.3, -0.25) is 0 Å². The highest BCUT2D eigenvalue weighted by molar-refractivity contribution is 5.88. The van der Waals surface area contributed by atoms with Crippen molar-refractivity contribution in [2.45, 2.75) is 25.0 Å². The monoisotopic (exact) mass is 298 g/mol. The molecule has 0 saturated carbocycles. The Balaban J connectivity index is 1.83. The second kappa shape index (κ2) is 4.81. The first-order chi connectivity index (χ1) is 11.3. The lowest BCUT2D eigenvalue weighted by Gasteiger charge is -2.37. The lowest BCUT2D eigenvalue weighted by Crippen LogP contribution is -2.29. The predicted octanol–water partition coefficient (Wildman–Crippen LogP) is 4.96. The zero-order valence-corrected chi connectivity index (χ0v) is 13.0. The lowest BCUT2D eigenvalue weighted by molar-refractivity contribution is 0.0226. The van der Waals surface area contributed by atoms with Crippen molar-refractivity contribution < 1.29 is 4.74 Å². The molecule has 112 valence electrons. The molecule has 1 heterocycles. The quantitative estimate of drug-likeness (QED) is 0.577. The van der Waals surface area contributed by atoms with E-state index in [1.165, 1.54) is 38.6 Å². The van der Waals surface area contributed by atoms with Crippen LogP contribution >= 0.6 is 0 Å². The second-order valence-corrected chi connectivity index (χ2v) is 6.52. The Morgan fingerprint density at radius 1 is 0.870 bits per heavy atom. The van der Waals surface area contributed by atoms with Crippen LogP contribution in [0.15, 0.2) is 67.3 Å². The molecule has 3 aromatic carbocycles. The maximum absolute atomic E-state index is 6.46. The predicted molar refractivity (Wildman–Crippen MR) is 93.8 cm³/mol. The van der Waals surface area contributed by atoms with E-state index >= 15 is 0 Å². The van der Waals surface area contributed by atoms with Crippen molar-refractivity contribution in [2.75, 3.05) is 0 Å². The van der Waals surface area contributed by atoms with Crippen molar-refractivity contribution in [1.29, 1.82) is 0 Å². The summed E-state index contributed by atoms with van der Waals surface area (Å²) in [6.45, 7) is 3.96. The third-order valence-electron chi connectivity index (χ3n) is 5.25. The van der Waals surface area contributed by atoms with Gasteiger partial charge in [0.05, 0.1) is 6.10 Å². The summed E-state index contributed by atoms with van der Waals surface area (Å²) >= 11 is 0. The maximum atomic E-state index is 6.46. The molecule has 3 aromatic rings. The summed E-state index contributed by atoms with van der Waals surface area (Å²) in [7, 11) is 0. The van der Waals surface area contributed by atoms with E-state index in [4.69, 9.17) is 4.74 Å². The Bertz CT molecular complexity index is 938. The topological polar surface area (TPSA) is 9.23 Å². The summed E-state index contributed by atoms with van der Waals surface area (Å²) in [5.74, 6) is 0. The van der Waals surface area contributed by atoms with Crippen LogP contribution in [0.1, 0.15) is 33.9 Å². The molecule has 5 rings (SSSR count). The van der Waals surface area contributed by atoms with Crippen LogP contribution < -0.4 is 0 Å². The van der Waals surface area contributed by atoms with Gasteiger partial charge in [-0.25, -0.2) is 0 Å². The van der Waals surface area contributed by atoms with Crippen LogP contribution in [0.4, 0.5) is 0 Å². The Labute approximate surface area is 136 Å². The third kappa shape index (κ3) is 1.83. The normalized spacial score (nSPS) is 21.6. The highest BCUT2D eigenvalue weighted by Gasteiger charge is 2.34. The fourth-order valence-electron chi connectivity index (χ4n) is 4.20. The molecule has 1 nitrogen and oxygen atoms in total. The SMILES string of the molecule is C=CC1Cc2cccc3c2C(O1)c1c(ccc2ccccc12)C3. The molecule has 1 aliphatic heterocycles. The van der Waals surface area contributed by atoms with Crippen LogP contribution in [-0.2, 0) is 17.6 Å². The van der Waals surface area contributed by atoms with E-state index in [2.05, 4.69) is 61.2 Å². The molecule has 0 amide bonds. The van der Waals surface area contributed by atoms with Crippen molar-refractivity contribution in [1.82, 2.24) is 0 Å². The molecular formula is C22H18O. The first-order valence-electron chi connectivity index (χ1n) is 8.24. The molecule has 0 fully saturated rings. The number of rotatable bonds is 1. The van der Waals surface area contributed by atoms with Gasteiger partial charge in [0, 0.05) is 6.42 Å². The van der Waals surface area contributed by atoms with Gasteiger partial charge in [0.2, 0.25) is 0 Å². The number of hydrogen-bond donors (Lipinski definition) is 0. The van der Waals surface area contributed by atoms with Gasteiger partial charge in [-0.05, 0) is 45.0 Å². The summed E-state index contributed by atoms with van der Waals surface area (Å²) in [6, 6.07) is 19.8. The highest BCUT2D eigenvalue weighted by atomic mass is 16.5. The molecule has 2 atom stereocenters. The Morgan fingerprint density at radius 2 is 1.70 bits per heavy atom. The number of ether oxygens (including phenoxy) is 1. The van der Waals surface area contributed by atoms with E-state index in [9.17, 15) is 0 Å². The third-order valence-corrected chi connectivity index (χ3v) is 5.25. The van der Waals surface area contributed by atoms with E-state index < -0.39 is 0 Å². The zero-order valence-electron chi connectivity index (χ0n) is 13.0. The van der Waals surface area contributed by atoms with Gasteiger partial charge in [0.15, 0.2) is 0 Å². The Kier molecular flexibility index (Phi) is 2.74. The molecule has 0 aromatic heterocycles. The van der Waals surface area contributed by atoms with Gasteiger partial charge in [0.1, 0.15) is 6.10 Å². The second-order valence-electron chi connectivity index (χ2n) is 6.52. The van der Waals surface area contributed by atoms with Crippen molar-refractivity contribution >= 4 is 10.8 Å². The minimum Gasteiger partial charge on any atom is -0.361 e. The molecule has 23 heavy (non-hydrogen) atoms. The van der Waals surface area contributed by atoms with E-state index in [1.807, 2.05) is 6.08 Å². The van der Waals surface area contributed by atoms with E-state index in [1.54, 1.807) is 0 Å². The number of hydrogen-bond acceptors (Lipinski definition) is 1. The van der Waals surface area contributed by atoms with Gasteiger partial charge >= 0.3 is 0 Å². The van der Waals surface area contributed by atoms with Crippen molar-refractivity contribution in [3.63, 3.8) is 0 Å². The van der Waals surface area contributed by atoms with Crippen LogP contribution in [0.2, 0.25) is 0 Å². The van der Waals surface area contributed by atoms with Crippen LogP contribution in [0, 0.1) is 0 Å². The summed E-state index contributed by atoms with van der Waals surface area (Å²) in [4.78, 5) is 0. The van der Waals surface area contributed by atoms with E-state index in [0.717, 1.165) is 12.8 Å². The first-order valence-corrected chi connectivity index (χ1v) is 8.24. The van der Waals surface area contributed by atoms with Crippen molar-refractivity contribution in [2.24, 2.45) is 0 Å². The Morgan fingerprint density at radius 3 is 2.61 bits per heavy atom. The fraction of sp³-hybridized carbons (Fsp3) is 0.182. The smallest absolute Gasteiger partial charge is 0.110 e. The average molecular weight is 298 g/mol. The molecule has 0 spiro atoms. The fourth-order valence-corrected chi connectivity index (χ4v) is 4.20. The van der Waals surface area contributed by atoms with Gasteiger partial charge in [-0.15, -0.1) is 6.58 Å². The molecule has 0 radical (unpaired) electrons. The molecule has 0 N–H and O–H groups in total. The van der Waals surface area contributed by atoms with Gasteiger partial charge in [-0.1, -0.05) is 60.7 Å². The number of benzene rings is 3. The van der Waals surface area contributed by atoms with Crippen LogP contribution in [0.3, 0.4) is 0 Å². The summed E-state index contributed by atoms with van der Waals surface area (Å²) in [6.07, 6.45) is 4.00. The average Bonchev–Trinajstić information content (AvgIpc) is 2.61. The molecule has 0 saturated heterocycles. The summed E-state index contributed by atoms with van der Waals surface area (Å²) < 4.78 is 6.46. The zero-order chi connectivity index (χ0) is 15.4. The maximum Gasteiger partial charge on any atom is 0.110 e. The van der Waals surface area contributed by atoms with E-state index in [0.29, 0.717) is 0 Å². The van der Waals surface area contributed by atoms with Gasteiger partial charge in [0.25, 0.3) is 0 Å². The van der Waals surface area contributed by atoms with E-state index in [-0.39, 0.29) is 12.2 Å². The van der Waals surface area contributed by atoms with Gasteiger partial charge in [-0.2, -0.15) is 0 Å². The first kappa shape index (κ1) is 13.1. The standard InChI is InChI=1S/C22H18O/c1-2-18-13-16-8-5-7-15-12-17-11-10-14-6-3-4-9-19(14)21(17)22(23-18)20(15)16/h2-11,18,22H,1,12-13H2. The number of fused-ring (bicyclic) bond motifs is 4. The highest BCUT2D eigenvalue weighted by Crippen LogP contribution is 2.45. The van der Waals surface area contributed by atoms with Crippen LogP contribution in [-0.4, -0.2) is 6.10 Å². The largest absolute Gasteiger partial charge is 0.361 e. The molecule has 2 aliphatic rings. The van der Waals surface area contributed by atoms with Crippen molar-refractivity contribution in [3.8, 4) is 0 Å². The molecule has 1 heteroatoms. The Hall–Kier alpha value is -2.38.